The van der Waals surface area contributed by atoms with Crippen LogP contribution in [-0.2, 0) is 0 Å². The van der Waals surface area contributed by atoms with Crippen molar-refractivity contribution in [3.05, 3.63) is 32.4 Å². The van der Waals surface area contributed by atoms with E-state index in [9.17, 15) is 4.79 Å². The standard InChI is InChI=1S/C15H19ClINO/c1-2-11-4-3-8-18(9-7-11)15(19)13-10-12(16)5-6-14(13)17/h5-6,10-11H,2-4,7-9H2,1H3. The molecule has 1 atom stereocenters. The highest BCUT2D eigenvalue weighted by atomic mass is 127. The van der Waals surface area contributed by atoms with E-state index in [-0.39, 0.29) is 5.91 Å². The molecular formula is C15H19ClINO. The maximum atomic E-state index is 12.6. The summed E-state index contributed by atoms with van der Waals surface area (Å²) in [4.78, 5) is 14.6. The molecule has 104 valence electrons. The van der Waals surface area contributed by atoms with Crippen LogP contribution in [0.5, 0.6) is 0 Å². The lowest BCUT2D eigenvalue weighted by molar-refractivity contribution is 0.0759. The lowest BCUT2D eigenvalue weighted by Crippen LogP contribution is -2.32. The molecular weight excluding hydrogens is 373 g/mol. The highest BCUT2D eigenvalue weighted by molar-refractivity contribution is 14.1. The van der Waals surface area contributed by atoms with Crippen LogP contribution in [0.3, 0.4) is 0 Å². The van der Waals surface area contributed by atoms with Crippen LogP contribution in [0.25, 0.3) is 0 Å². The third-order valence-electron chi connectivity index (χ3n) is 3.87. The molecule has 1 aromatic carbocycles. The molecule has 1 heterocycles. The Morgan fingerprint density at radius 3 is 2.95 bits per heavy atom. The molecule has 0 saturated carbocycles. The first-order valence-corrected chi connectivity index (χ1v) is 8.31. The van der Waals surface area contributed by atoms with E-state index in [0.29, 0.717) is 5.02 Å². The smallest absolute Gasteiger partial charge is 0.254 e. The van der Waals surface area contributed by atoms with Crippen LogP contribution >= 0.6 is 34.2 Å². The minimum atomic E-state index is 0.128. The van der Waals surface area contributed by atoms with Crippen molar-refractivity contribution in [1.29, 1.82) is 0 Å². The van der Waals surface area contributed by atoms with Crippen molar-refractivity contribution in [3.63, 3.8) is 0 Å². The second kappa shape index (κ2) is 6.93. The van der Waals surface area contributed by atoms with Crippen LogP contribution in [-0.4, -0.2) is 23.9 Å². The summed E-state index contributed by atoms with van der Waals surface area (Å²) in [5.74, 6) is 0.903. The van der Waals surface area contributed by atoms with E-state index in [0.717, 1.165) is 41.0 Å². The van der Waals surface area contributed by atoms with Gasteiger partial charge in [0.25, 0.3) is 5.91 Å². The van der Waals surface area contributed by atoms with Crippen molar-refractivity contribution >= 4 is 40.1 Å². The number of likely N-dealkylation sites (tertiary alicyclic amines) is 1. The van der Waals surface area contributed by atoms with Crippen LogP contribution in [0.1, 0.15) is 43.0 Å². The monoisotopic (exact) mass is 391 g/mol. The first-order valence-electron chi connectivity index (χ1n) is 6.86. The van der Waals surface area contributed by atoms with Crippen molar-refractivity contribution in [1.82, 2.24) is 4.90 Å². The average Bonchev–Trinajstić information content (AvgIpc) is 2.66. The SMILES string of the molecule is CCC1CCCN(C(=O)c2cc(Cl)ccc2I)CC1. The van der Waals surface area contributed by atoms with Crippen LogP contribution in [0.15, 0.2) is 18.2 Å². The number of carbonyl (C=O) groups excluding carboxylic acids is 1. The molecule has 1 aliphatic rings. The summed E-state index contributed by atoms with van der Waals surface area (Å²) < 4.78 is 0.975. The predicted molar refractivity (Wildman–Crippen MR) is 87.7 cm³/mol. The maximum Gasteiger partial charge on any atom is 0.254 e. The van der Waals surface area contributed by atoms with Gasteiger partial charge in [-0.3, -0.25) is 4.79 Å². The van der Waals surface area contributed by atoms with Crippen molar-refractivity contribution in [2.24, 2.45) is 5.92 Å². The van der Waals surface area contributed by atoms with Crippen molar-refractivity contribution in [3.8, 4) is 0 Å². The largest absolute Gasteiger partial charge is 0.339 e. The number of benzene rings is 1. The van der Waals surface area contributed by atoms with Gasteiger partial charge in [-0.15, -0.1) is 0 Å². The molecule has 1 fully saturated rings. The summed E-state index contributed by atoms with van der Waals surface area (Å²) in [6.45, 7) is 3.99. The Balaban J connectivity index is 2.13. The van der Waals surface area contributed by atoms with Crippen LogP contribution < -0.4 is 0 Å². The first-order chi connectivity index (χ1) is 9.11. The predicted octanol–water partition coefficient (Wildman–Crippen LogP) is 4.60. The van der Waals surface area contributed by atoms with Gasteiger partial charge in [-0.05, 0) is 66.0 Å². The van der Waals surface area contributed by atoms with Gasteiger partial charge in [-0.2, -0.15) is 0 Å². The summed E-state index contributed by atoms with van der Waals surface area (Å²) in [6, 6.07) is 5.52. The Hall–Kier alpha value is -0.290. The summed E-state index contributed by atoms with van der Waals surface area (Å²) in [5.41, 5.74) is 0.739. The molecule has 0 aromatic heterocycles. The number of hydrogen-bond acceptors (Lipinski definition) is 1. The number of hydrogen-bond donors (Lipinski definition) is 0. The molecule has 0 N–H and O–H groups in total. The van der Waals surface area contributed by atoms with Crippen LogP contribution in [0, 0.1) is 9.49 Å². The van der Waals surface area contributed by atoms with E-state index in [1.807, 2.05) is 17.0 Å². The molecule has 0 radical (unpaired) electrons. The third kappa shape index (κ3) is 3.85. The lowest BCUT2D eigenvalue weighted by Gasteiger charge is -2.21. The van der Waals surface area contributed by atoms with Gasteiger partial charge in [0.05, 0.1) is 5.56 Å². The Morgan fingerprint density at radius 1 is 1.42 bits per heavy atom. The highest BCUT2D eigenvalue weighted by Gasteiger charge is 2.22. The Bertz CT molecular complexity index is 463. The Kier molecular flexibility index (Phi) is 5.51. The molecule has 0 spiro atoms. The van der Waals surface area contributed by atoms with Crippen molar-refractivity contribution in [2.75, 3.05) is 13.1 Å². The van der Waals surface area contributed by atoms with Gasteiger partial charge in [0, 0.05) is 21.7 Å². The summed E-state index contributed by atoms with van der Waals surface area (Å²) in [7, 11) is 0. The number of amides is 1. The molecule has 2 rings (SSSR count). The molecule has 1 unspecified atom stereocenters. The van der Waals surface area contributed by atoms with Crippen molar-refractivity contribution in [2.45, 2.75) is 32.6 Å². The van der Waals surface area contributed by atoms with Gasteiger partial charge in [0.1, 0.15) is 0 Å². The third-order valence-corrected chi connectivity index (χ3v) is 5.05. The number of halogens is 2. The fourth-order valence-corrected chi connectivity index (χ4v) is 3.35. The first kappa shape index (κ1) is 15.1. The summed E-state index contributed by atoms with van der Waals surface area (Å²) in [6.07, 6.45) is 4.70. The normalized spacial score (nSPS) is 20.2. The van der Waals surface area contributed by atoms with Crippen LogP contribution in [0.4, 0.5) is 0 Å². The van der Waals surface area contributed by atoms with Gasteiger partial charge in [-0.25, -0.2) is 0 Å². The van der Waals surface area contributed by atoms with E-state index in [1.165, 1.54) is 12.8 Å². The molecule has 1 aromatic rings. The molecule has 4 heteroatoms. The number of nitrogens with zero attached hydrogens (tertiary/aromatic N) is 1. The zero-order valence-corrected chi connectivity index (χ0v) is 14.1. The molecule has 1 aliphatic heterocycles. The van der Waals surface area contributed by atoms with Gasteiger partial charge in [0.2, 0.25) is 0 Å². The van der Waals surface area contributed by atoms with Crippen molar-refractivity contribution < 1.29 is 4.79 Å². The van der Waals surface area contributed by atoms with Gasteiger partial charge >= 0.3 is 0 Å². The minimum Gasteiger partial charge on any atom is -0.339 e. The molecule has 0 bridgehead atoms. The quantitative estimate of drug-likeness (QED) is 0.675. The topological polar surface area (TPSA) is 20.3 Å². The molecule has 2 nitrogen and oxygen atoms in total. The van der Waals surface area contributed by atoms with Crippen LogP contribution in [0.2, 0.25) is 5.02 Å². The van der Waals surface area contributed by atoms with E-state index in [4.69, 9.17) is 11.6 Å². The number of carbonyl (C=O) groups is 1. The fourth-order valence-electron chi connectivity index (χ4n) is 2.61. The summed E-state index contributed by atoms with van der Waals surface area (Å²) in [5, 5.41) is 0.630. The van der Waals surface area contributed by atoms with E-state index < -0.39 is 0 Å². The molecule has 19 heavy (non-hydrogen) atoms. The zero-order chi connectivity index (χ0) is 13.8. The van der Waals surface area contributed by atoms with Gasteiger partial charge in [-0.1, -0.05) is 24.9 Å². The maximum absolute atomic E-state index is 12.6. The second-order valence-corrected chi connectivity index (χ2v) is 6.72. The van der Waals surface area contributed by atoms with E-state index >= 15 is 0 Å². The van der Waals surface area contributed by atoms with E-state index in [1.54, 1.807) is 6.07 Å². The number of rotatable bonds is 2. The fraction of sp³-hybridized carbons (Fsp3) is 0.533. The van der Waals surface area contributed by atoms with Gasteiger partial charge in [0.15, 0.2) is 0 Å². The second-order valence-electron chi connectivity index (χ2n) is 5.12. The highest BCUT2D eigenvalue weighted by Crippen LogP contribution is 2.24. The molecule has 1 saturated heterocycles. The van der Waals surface area contributed by atoms with Gasteiger partial charge < -0.3 is 4.90 Å². The Labute approximate surface area is 133 Å². The molecule has 1 amide bonds. The summed E-state index contributed by atoms with van der Waals surface area (Å²) >= 11 is 8.21. The zero-order valence-electron chi connectivity index (χ0n) is 11.2. The van der Waals surface area contributed by atoms with E-state index in [2.05, 4.69) is 29.5 Å². The Morgan fingerprint density at radius 2 is 2.21 bits per heavy atom. The molecule has 0 aliphatic carbocycles. The lowest BCUT2D eigenvalue weighted by atomic mass is 9.98. The average molecular weight is 392 g/mol. The minimum absolute atomic E-state index is 0.128.